The van der Waals surface area contributed by atoms with Gasteiger partial charge in [0.2, 0.25) is 5.91 Å². The highest BCUT2D eigenvalue weighted by atomic mass is 16.2. The number of rotatable bonds is 4. The average molecular weight is 431 g/mol. The number of aromatic nitrogens is 2. The molecule has 1 N–H and O–H groups in total. The topological polar surface area (TPSA) is 87.5 Å². The quantitative estimate of drug-likeness (QED) is 0.686. The Morgan fingerprint density at radius 2 is 1.62 bits per heavy atom. The summed E-state index contributed by atoms with van der Waals surface area (Å²) in [6.45, 7) is 4.00. The van der Waals surface area contributed by atoms with Gasteiger partial charge in [-0.1, -0.05) is 18.2 Å². The van der Waals surface area contributed by atoms with Gasteiger partial charge in [-0.2, -0.15) is 4.68 Å². The van der Waals surface area contributed by atoms with Crippen molar-refractivity contribution in [3.05, 3.63) is 82.6 Å². The van der Waals surface area contributed by atoms with Gasteiger partial charge in [0.1, 0.15) is 5.82 Å². The number of nitrogens with one attached hydrogen (secondary N) is 1. The zero-order valence-corrected chi connectivity index (χ0v) is 17.9. The van der Waals surface area contributed by atoms with E-state index in [1.165, 1.54) is 17.7 Å². The van der Waals surface area contributed by atoms with Crippen LogP contribution in [0.25, 0.3) is 5.69 Å². The van der Waals surface area contributed by atoms with Crippen molar-refractivity contribution < 1.29 is 9.59 Å². The van der Waals surface area contributed by atoms with Crippen molar-refractivity contribution in [2.75, 3.05) is 36.4 Å². The van der Waals surface area contributed by atoms with Crippen molar-refractivity contribution in [3.8, 4) is 5.69 Å². The van der Waals surface area contributed by atoms with Crippen molar-refractivity contribution in [1.29, 1.82) is 0 Å². The zero-order valence-electron chi connectivity index (χ0n) is 17.9. The van der Waals surface area contributed by atoms with Gasteiger partial charge in [-0.25, -0.2) is 0 Å². The number of hydrogen-bond acceptors (Lipinski definition) is 5. The largest absolute Gasteiger partial charge is 0.353 e. The van der Waals surface area contributed by atoms with Crippen LogP contribution in [0.3, 0.4) is 0 Å². The monoisotopic (exact) mass is 431 g/mol. The first-order valence-electron chi connectivity index (χ1n) is 10.6. The number of nitrogens with zero attached hydrogens (tertiary/aromatic N) is 4. The van der Waals surface area contributed by atoms with Crippen LogP contribution in [-0.2, 0) is 4.79 Å². The summed E-state index contributed by atoms with van der Waals surface area (Å²) < 4.78 is 1.40. The van der Waals surface area contributed by atoms with E-state index in [1.807, 2.05) is 35.2 Å². The molecule has 164 valence electrons. The molecular weight excluding hydrogens is 406 g/mol. The van der Waals surface area contributed by atoms with E-state index in [1.54, 1.807) is 30.3 Å². The Balaban J connectivity index is 1.46. The number of carbonyl (C=O) groups excluding carboxylic acids is 2. The molecule has 2 amide bonds. The van der Waals surface area contributed by atoms with E-state index in [0.29, 0.717) is 42.4 Å². The van der Waals surface area contributed by atoms with Crippen molar-refractivity contribution in [3.63, 3.8) is 0 Å². The summed E-state index contributed by atoms with van der Waals surface area (Å²) in [5, 5.41) is 7.26. The Morgan fingerprint density at radius 1 is 0.875 bits per heavy atom. The summed E-state index contributed by atoms with van der Waals surface area (Å²) in [7, 11) is 0. The molecule has 1 aliphatic rings. The second kappa shape index (κ2) is 9.47. The summed E-state index contributed by atoms with van der Waals surface area (Å²) in [6.07, 6.45) is 0.794. The van der Waals surface area contributed by atoms with Gasteiger partial charge in [0.05, 0.1) is 5.69 Å². The normalized spacial score (nSPS) is 14.0. The van der Waals surface area contributed by atoms with E-state index in [9.17, 15) is 14.4 Å². The predicted octanol–water partition coefficient (Wildman–Crippen LogP) is 2.54. The van der Waals surface area contributed by atoms with Crippen molar-refractivity contribution in [1.82, 2.24) is 14.7 Å². The SMILES string of the molecule is CC(=O)Nc1ccc(C(=O)N2CCCN(c3ccc(=O)n(-c4ccccc4)n3)CC2)cc1. The van der Waals surface area contributed by atoms with Crippen LogP contribution in [-0.4, -0.2) is 52.7 Å². The molecule has 0 bridgehead atoms. The maximum absolute atomic E-state index is 13.0. The van der Waals surface area contributed by atoms with Crippen LogP contribution < -0.4 is 15.8 Å². The third-order valence-electron chi connectivity index (χ3n) is 5.35. The third kappa shape index (κ3) is 4.85. The molecule has 8 nitrogen and oxygen atoms in total. The van der Waals surface area contributed by atoms with E-state index < -0.39 is 0 Å². The van der Waals surface area contributed by atoms with Gasteiger partial charge in [0, 0.05) is 50.4 Å². The molecule has 0 aliphatic carbocycles. The molecule has 0 saturated carbocycles. The van der Waals surface area contributed by atoms with Gasteiger partial charge in [-0.3, -0.25) is 14.4 Å². The van der Waals surface area contributed by atoms with Crippen molar-refractivity contribution in [2.45, 2.75) is 13.3 Å². The lowest BCUT2D eigenvalue weighted by molar-refractivity contribution is -0.114. The predicted molar refractivity (Wildman–Crippen MR) is 123 cm³/mol. The minimum Gasteiger partial charge on any atom is -0.353 e. The first kappa shape index (κ1) is 21.3. The van der Waals surface area contributed by atoms with E-state index in [2.05, 4.69) is 15.3 Å². The van der Waals surface area contributed by atoms with E-state index >= 15 is 0 Å². The molecule has 1 saturated heterocycles. The molecule has 1 fully saturated rings. The highest BCUT2D eigenvalue weighted by molar-refractivity contribution is 5.95. The lowest BCUT2D eigenvalue weighted by Crippen LogP contribution is -2.36. The van der Waals surface area contributed by atoms with Gasteiger partial charge in [0.15, 0.2) is 0 Å². The lowest BCUT2D eigenvalue weighted by atomic mass is 10.1. The number of benzene rings is 2. The molecule has 2 heterocycles. The molecule has 4 rings (SSSR count). The summed E-state index contributed by atoms with van der Waals surface area (Å²) in [5.41, 5.74) is 1.78. The summed E-state index contributed by atoms with van der Waals surface area (Å²) in [5.74, 6) is 0.523. The minimum absolute atomic E-state index is 0.0385. The van der Waals surface area contributed by atoms with E-state index in [-0.39, 0.29) is 17.4 Å². The molecule has 1 aromatic heterocycles. The number of anilines is 2. The molecular formula is C24H25N5O3. The fourth-order valence-electron chi connectivity index (χ4n) is 3.76. The highest BCUT2D eigenvalue weighted by Crippen LogP contribution is 2.16. The Labute approximate surface area is 186 Å². The highest BCUT2D eigenvalue weighted by Gasteiger charge is 2.21. The Hall–Kier alpha value is -3.94. The molecule has 0 atom stereocenters. The Bertz CT molecular complexity index is 1160. The van der Waals surface area contributed by atoms with E-state index in [4.69, 9.17) is 0 Å². The minimum atomic E-state index is -0.186. The second-order valence-corrected chi connectivity index (χ2v) is 7.67. The molecule has 32 heavy (non-hydrogen) atoms. The number of carbonyl (C=O) groups is 2. The molecule has 3 aromatic rings. The Morgan fingerprint density at radius 3 is 2.34 bits per heavy atom. The summed E-state index contributed by atoms with van der Waals surface area (Å²) in [4.78, 5) is 40.4. The maximum Gasteiger partial charge on any atom is 0.271 e. The van der Waals surface area contributed by atoms with Gasteiger partial charge in [0.25, 0.3) is 11.5 Å². The van der Waals surface area contributed by atoms with Gasteiger partial charge in [-0.15, -0.1) is 5.10 Å². The van der Waals surface area contributed by atoms with Crippen LogP contribution in [0.15, 0.2) is 71.5 Å². The van der Waals surface area contributed by atoms with E-state index in [0.717, 1.165) is 13.0 Å². The van der Waals surface area contributed by atoms with Crippen LogP contribution in [0.1, 0.15) is 23.7 Å². The zero-order chi connectivity index (χ0) is 22.5. The number of hydrogen-bond donors (Lipinski definition) is 1. The van der Waals surface area contributed by atoms with Crippen LogP contribution in [0.4, 0.5) is 11.5 Å². The first-order valence-corrected chi connectivity index (χ1v) is 10.6. The molecule has 2 aromatic carbocycles. The molecule has 0 radical (unpaired) electrons. The second-order valence-electron chi connectivity index (χ2n) is 7.67. The van der Waals surface area contributed by atoms with Crippen LogP contribution >= 0.6 is 0 Å². The Kier molecular flexibility index (Phi) is 6.30. The maximum atomic E-state index is 13.0. The fourth-order valence-corrected chi connectivity index (χ4v) is 3.76. The average Bonchev–Trinajstić information content (AvgIpc) is 3.06. The van der Waals surface area contributed by atoms with Crippen molar-refractivity contribution in [2.24, 2.45) is 0 Å². The molecule has 8 heteroatoms. The van der Waals surface area contributed by atoms with Gasteiger partial charge in [-0.05, 0) is 48.9 Å². The number of para-hydroxylation sites is 1. The smallest absolute Gasteiger partial charge is 0.271 e. The first-order chi connectivity index (χ1) is 15.5. The molecule has 1 aliphatic heterocycles. The third-order valence-corrected chi connectivity index (χ3v) is 5.35. The van der Waals surface area contributed by atoms with Crippen molar-refractivity contribution >= 4 is 23.3 Å². The summed E-state index contributed by atoms with van der Waals surface area (Å²) in [6, 6.07) is 19.5. The van der Waals surface area contributed by atoms with Gasteiger partial charge >= 0.3 is 0 Å². The molecule has 0 spiro atoms. The molecule has 0 unspecified atom stereocenters. The van der Waals surface area contributed by atoms with Gasteiger partial charge < -0.3 is 15.1 Å². The fraction of sp³-hybridized carbons (Fsp3) is 0.250. The number of amides is 2. The van der Waals surface area contributed by atoms with Crippen LogP contribution in [0, 0.1) is 0 Å². The lowest BCUT2D eigenvalue weighted by Gasteiger charge is -2.23. The summed E-state index contributed by atoms with van der Waals surface area (Å²) >= 11 is 0. The van der Waals surface area contributed by atoms with Crippen LogP contribution in [0.5, 0.6) is 0 Å². The van der Waals surface area contributed by atoms with Crippen LogP contribution in [0.2, 0.25) is 0 Å². The standard InChI is InChI=1S/C24H25N5O3/c1-18(30)25-20-10-8-19(9-11-20)24(32)28-15-5-14-27(16-17-28)22-12-13-23(31)29(26-22)21-6-3-2-4-7-21/h2-4,6-13H,5,14-17H2,1H3,(H,25,30).